The number of rotatable bonds is 2. The molecule has 74 valence electrons. The molecule has 0 fully saturated rings. The van der Waals surface area contributed by atoms with Gasteiger partial charge in [-0.25, -0.2) is 0 Å². The second-order valence-corrected chi connectivity index (χ2v) is 3.02. The minimum Gasteiger partial charge on any atom is -0.367 e. The topological polar surface area (TPSA) is 107 Å². The maximum absolute atomic E-state index is 9.04. The van der Waals surface area contributed by atoms with E-state index in [0.717, 1.165) is 0 Å². The van der Waals surface area contributed by atoms with Gasteiger partial charge < -0.3 is 26.2 Å². The number of allylic oxidation sites excluding steroid dienone is 2. The fourth-order valence-electron chi connectivity index (χ4n) is 1.33. The fourth-order valence-corrected chi connectivity index (χ4v) is 1.33. The summed E-state index contributed by atoms with van der Waals surface area (Å²) in [5.74, 6) is 0. The molecule has 0 aromatic heterocycles. The van der Waals surface area contributed by atoms with Gasteiger partial charge in [-0.15, -0.1) is 0 Å². The number of hydrogen-bond donors (Lipinski definition) is 5. The normalized spacial score (nSPS) is 25.9. The quantitative estimate of drug-likeness (QED) is 0.323. The van der Waals surface area contributed by atoms with Crippen LogP contribution < -0.4 is 5.73 Å². The zero-order chi connectivity index (χ0) is 10.1. The summed E-state index contributed by atoms with van der Waals surface area (Å²) in [5, 5.41) is 36.2. The molecule has 0 saturated carbocycles. The van der Waals surface area contributed by atoms with Gasteiger partial charge in [-0.2, -0.15) is 0 Å². The van der Waals surface area contributed by atoms with Crippen molar-refractivity contribution >= 4 is 0 Å². The summed E-state index contributed by atoms with van der Waals surface area (Å²) < 4.78 is 0. The van der Waals surface area contributed by atoms with Crippen molar-refractivity contribution in [3.63, 3.8) is 0 Å². The molecule has 0 heterocycles. The Morgan fingerprint density at radius 3 is 1.92 bits per heavy atom. The predicted octanol–water partition coefficient (Wildman–Crippen LogP) is -1.95. The van der Waals surface area contributed by atoms with Gasteiger partial charge in [-0.1, -0.05) is 24.3 Å². The number of hydrogen-bond acceptors (Lipinski definition) is 5. The van der Waals surface area contributed by atoms with Crippen LogP contribution in [0.25, 0.3) is 0 Å². The van der Waals surface area contributed by atoms with E-state index < -0.39 is 24.0 Å². The zero-order valence-corrected chi connectivity index (χ0v) is 6.91. The molecule has 1 atom stereocenters. The molecule has 0 aromatic carbocycles. The van der Waals surface area contributed by atoms with Crippen LogP contribution in [0, 0.1) is 5.41 Å². The van der Waals surface area contributed by atoms with Crippen LogP contribution in [0.15, 0.2) is 24.3 Å². The number of aliphatic hydroxyl groups is 4. The lowest BCUT2D eigenvalue weighted by Crippen LogP contribution is -2.55. The smallest absolute Gasteiger partial charge is 0.167 e. The van der Waals surface area contributed by atoms with Crippen LogP contribution in [-0.2, 0) is 0 Å². The summed E-state index contributed by atoms with van der Waals surface area (Å²) in [5.41, 5.74) is 3.91. The third kappa shape index (κ3) is 1.52. The lowest BCUT2D eigenvalue weighted by atomic mass is 9.76. The van der Waals surface area contributed by atoms with E-state index in [0.29, 0.717) is 0 Å². The van der Waals surface area contributed by atoms with Crippen LogP contribution in [-0.4, -0.2) is 39.0 Å². The van der Waals surface area contributed by atoms with Crippen molar-refractivity contribution < 1.29 is 20.4 Å². The summed E-state index contributed by atoms with van der Waals surface area (Å²) in [6.07, 6.45) is 2.02. The van der Waals surface area contributed by atoms with Crippen molar-refractivity contribution in [2.24, 2.45) is 11.1 Å². The van der Waals surface area contributed by atoms with Gasteiger partial charge >= 0.3 is 0 Å². The van der Waals surface area contributed by atoms with Gasteiger partial charge in [-0.3, -0.25) is 0 Å². The van der Waals surface area contributed by atoms with Crippen molar-refractivity contribution in [3.8, 4) is 0 Å². The lowest BCUT2D eigenvalue weighted by molar-refractivity contribution is -0.218. The highest BCUT2D eigenvalue weighted by atomic mass is 16.5. The molecule has 1 unspecified atom stereocenters. The molecule has 1 aliphatic rings. The first-order valence-electron chi connectivity index (χ1n) is 3.85. The molecule has 0 saturated heterocycles. The first-order chi connectivity index (χ1) is 6.01. The average Bonchev–Trinajstić information content (AvgIpc) is 2.04. The van der Waals surface area contributed by atoms with Crippen molar-refractivity contribution in [2.75, 3.05) is 0 Å². The maximum Gasteiger partial charge on any atom is 0.167 e. The Bertz CT molecular complexity index is 226. The van der Waals surface area contributed by atoms with Crippen LogP contribution in [0.5, 0.6) is 0 Å². The highest BCUT2D eigenvalue weighted by molar-refractivity contribution is 5.24. The third-order valence-electron chi connectivity index (χ3n) is 2.29. The van der Waals surface area contributed by atoms with Gasteiger partial charge in [-0.05, 0) is 0 Å². The van der Waals surface area contributed by atoms with Crippen molar-refractivity contribution in [3.05, 3.63) is 24.3 Å². The molecule has 5 nitrogen and oxygen atoms in total. The van der Waals surface area contributed by atoms with Gasteiger partial charge in [0.2, 0.25) is 0 Å². The maximum atomic E-state index is 9.04. The number of nitrogens with two attached hydrogens (primary N) is 1. The monoisotopic (exact) mass is 187 g/mol. The SMILES string of the molecule is NC1C=CC=CC1(C(O)O)C(O)O. The minimum absolute atomic E-state index is 0.836. The van der Waals surface area contributed by atoms with Crippen LogP contribution >= 0.6 is 0 Å². The Hall–Kier alpha value is -0.720. The molecule has 0 amide bonds. The zero-order valence-electron chi connectivity index (χ0n) is 6.91. The second-order valence-electron chi connectivity index (χ2n) is 3.02. The summed E-state index contributed by atoms with van der Waals surface area (Å²) in [4.78, 5) is 0. The Labute approximate surface area is 75.4 Å². The Balaban J connectivity index is 3.03. The molecular formula is C8H13NO4. The number of aliphatic hydroxyl groups excluding tert-OH is 2. The Morgan fingerprint density at radius 1 is 1.08 bits per heavy atom. The average molecular weight is 187 g/mol. The van der Waals surface area contributed by atoms with Gasteiger partial charge in [0.25, 0.3) is 0 Å². The molecule has 0 spiro atoms. The van der Waals surface area contributed by atoms with E-state index in [-0.39, 0.29) is 0 Å². The summed E-state index contributed by atoms with van der Waals surface area (Å²) in [6, 6.07) is -0.836. The third-order valence-corrected chi connectivity index (χ3v) is 2.29. The van der Waals surface area contributed by atoms with Gasteiger partial charge in [0.05, 0.1) is 0 Å². The molecule has 5 heteroatoms. The first-order valence-corrected chi connectivity index (χ1v) is 3.85. The molecule has 0 bridgehead atoms. The van der Waals surface area contributed by atoms with Crippen molar-refractivity contribution in [2.45, 2.75) is 18.6 Å². The van der Waals surface area contributed by atoms with Gasteiger partial charge in [0, 0.05) is 6.04 Å². The van der Waals surface area contributed by atoms with E-state index in [1.54, 1.807) is 6.08 Å². The molecule has 6 N–H and O–H groups in total. The van der Waals surface area contributed by atoms with E-state index in [9.17, 15) is 0 Å². The molecule has 1 aliphatic carbocycles. The molecule has 0 aromatic rings. The Morgan fingerprint density at radius 2 is 1.62 bits per heavy atom. The molecular weight excluding hydrogens is 174 g/mol. The van der Waals surface area contributed by atoms with Gasteiger partial charge in [0.1, 0.15) is 5.41 Å². The highest BCUT2D eigenvalue weighted by Crippen LogP contribution is 2.32. The standard InChI is InChI=1S/C8H13NO4/c9-5-3-1-2-4-8(5,6(10)11)7(12)13/h1-7,10-13H,9H2. The van der Waals surface area contributed by atoms with E-state index in [2.05, 4.69) is 0 Å². The molecule has 0 aliphatic heterocycles. The molecule has 1 rings (SSSR count). The van der Waals surface area contributed by atoms with Gasteiger partial charge in [0.15, 0.2) is 12.6 Å². The van der Waals surface area contributed by atoms with Crippen LogP contribution in [0.4, 0.5) is 0 Å². The second kappa shape index (κ2) is 3.57. The van der Waals surface area contributed by atoms with E-state index in [1.165, 1.54) is 18.2 Å². The summed E-state index contributed by atoms with van der Waals surface area (Å²) in [7, 11) is 0. The fraction of sp³-hybridized carbons (Fsp3) is 0.500. The van der Waals surface area contributed by atoms with Crippen LogP contribution in [0.3, 0.4) is 0 Å². The Kier molecular flexibility index (Phi) is 2.84. The van der Waals surface area contributed by atoms with E-state index >= 15 is 0 Å². The van der Waals surface area contributed by atoms with Crippen LogP contribution in [0.2, 0.25) is 0 Å². The predicted molar refractivity (Wildman–Crippen MR) is 45.1 cm³/mol. The molecule has 13 heavy (non-hydrogen) atoms. The van der Waals surface area contributed by atoms with Crippen molar-refractivity contribution in [1.82, 2.24) is 0 Å². The van der Waals surface area contributed by atoms with E-state index in [4.69, 9.17) is 26.2 Å². The lowest BCUT2D eigenvalue weighted by Gasteiger charge is -2.38. The van der Waals surface area contributed by atoms with E-state index in [1.807, 2.05) is 0 Å². The largest absolute Gasteiger partial charge is 0.367 e. The van der Waals surface area contributed by atoms with Crippen LogP contribution in [0.1, 0.15) is 0 Å². The summed E-state index contributed by atoms with van der Waals surface area (Å²) >= 11 is 0. The summed E-state index contributed by atoms with van der Waals surface area (Å²) in [6.45, 7) is 0. The molecule has 0 radical (unpaired) electrons. The highest BCUT2D eigenvalue weighted by Gasteiger charge is 2.46. The van der Waals surface area contributed by atoms with Crippen molar-refractivity contribution in [1.29, 1.82) is 0 Å². The first kappa shape index (κ1) is 10.4. The minimum atomic E-state index is -1.91.